The van der Waals surface area contributed by atoms with Gasteiger partial charge >= 0.3 is 0 Å². The normalized spacial score (nSPS) is 14.1. The molecule has 0 aromatic heterocycles. The summed E-state index contributed by atoms with van der Waals surface area (Å²) in [6.07, 6.45) is 0. The van der Waals surface area contributed by atoms with Crippen molar-refractivity contribution in [2.24, 2.45) is 10.7 Å². The molecule has 0 atom stereocenters. The van der Waals surface area contributed by atoms with Crippen LogP contribution in [-0.4, -0.2) is 51.1 Å². The first-order valence-electron chi connectivity index (χ1n) is 11.7. The molecule has 0 aliphatic carbocycles. The summed E-state index contributed by atoms with van der Waals surface area (Å²) in [5.41, 5.74) is 15.8. The highest BCUT2D eigenvalue weighted by Crippen LogP contribution is 2.21. The third-order valence-corrected chi connectivity index (χ3v) is 5.73. The van der Waals surface area contributed by atoms with Gasteiger partial charge in [0.15, 0.2) is 0 Å². The molecule has 182 valence electrons. The fourth-order valence-corrected chi connectivity index (χ4v) is 3.82. The highest BCUT2D eigenvalue weighted by atomic mass is 16.5. The quantitative estimate of drug-likeness (QED) is 0.189. The summed E-state index contributed by atoms with van der Waals surface area (Å²) >= 11 is 0. The molecule has 5 N–H and O–H groups in total. The van der Waals surface area contributed by atoms with Crippen molar-refractivity contribution >= 4 is 23.1 Å². The minimum absolute atomic E-state index is 0.0661. The maximum Gasteiger partial charge on any atom is 0.278 e. The number of amidine groups is 1. The molecule has 35 heavy (non-hydrogen) atoms. The van der Waals surface area contributed by atoms with E-state index in [9.17, 15) is 4.79 Å². The molecule has 0 unspecified atom stereocenters. The minimum Gasteiger partial charge on any atom is -0.491 e. The van der Waals surface area contributed by atoms with E-state index in [4.69, 9.17) is 20.9 Å². The molecule has 8 heteroatoms. The van der Waals surface area contributed by atoms with Crippen molar-refractivity contribution in [3.05, 3.63) is 89.5 Å². The summed E-state index contributed by atoms with van der Waals surface area (Å²) in [5.74, 6) is 0.248. The smallest absolute Gasteiger partial charge is 0.278 e. The Kier molecular flexibility index (Phi) is 8.32. The van der Waals surface area contributed by atoms with E-state index in [-0.39, 0.29) is 5.84 Å². The summed E-state index contributed by atoms with van der Waals surface area (Å²) < 4.78 is 11.3. The number of piperazine rings is 1. The van der Waals surface area contributed by atoms with Crippen molar-refractivity contribution in [2.45, 2.75) is 6.61 Å². The van der Waals surface area contributed by atoms with E-state index in [0.717, 1.165) is 37.4 Å². The van der Waals surface area contributed by atoms with E-state index in [1.165, 1.54) is 0 Å². The fourth-order valence-electron chi connectivity index (χ4n) is 3.82. The Morgan fingerprint density at radius 3 is 2.43 bits per heavy atom. The standard InChI is InChI=1S/C27H31N5O3/c28-25-18-23(35-17-16-34-19-20-4-2-1-3-5-20)10-11-24(25)26(29)31-27(33)21-6-8-22(9-7-21)32-14-12-30-13-15-32/h1-11,18,30H,12-17,19,28H2,(H2,29,31,33). The number of carbonyl (C=O) groups is 1. The number of anilines is 2. The van der Waals surface area contributed by atoms with Crippen LogP contribution in [0.4, 0.5) is 11.4 Å². The second-order valence-electron chi connectivity index (χ2n) is 8.22. The third kappa shape index (κ3) is 6.81. The van der Waals surface area contributed by atoms with Crippen LogP contribution >= 0.6 is 0 Å². The predicted molar refractivity (Wildman–Crippen MR) is 139 cm³/mol. The Balaban J connectivity index is 1.30. The Bertz CT molecular complexity index is 1140. The average molecular weight is 474 g/mol. The summed E-state index contributed by atoms with van der Waals surface area (Å²) in [5, 5.41) is 3.33. The maximum absolute atomic E-state index is 12.6. The van der Waals surface area contributed by atoms with E-state index < -0.39 is 5.91 Å². The summed E-state index contributed by atoms with van der Waals surface area (Å²) in [7, 11) is 0. The van der Waals surface area contributed by atoms with Gasteiger partial charge in [-0.3, -0.25) is 4.79 Å². The molecular weight excluding hydrogens is 442 g/mol. The molecule has 4 rings (SSSR count). The largest absolute Gasteiger partial charge is 0.491 e. The number of nitrogen functional groups attached to an aromatic ring is 1. The Hall–Kier alpha value is -3.88. The highest BCUT2D eigenvalue weighted by molar-refractivity contribution is 6.11. The Labute approximate surface area is 205 Å². The number of ether oxygens (including phenoxy) is 2. The number of amides is 1. The van der Waals surface area contributed by atoms with E-state index in [1.54, 1.807) is 30.3 Å². The van der Waals surface area contributed by atoms with Crippen LogP contribution in [0.1, 0.15) is 21.5 Å². The zero-order valence-corrected chi connectivity index (χ0v) is 19.7. The predicted octanol–water partition coefficient (Wildman–Crippen LogP) is 2.82. The lowest BCUT2D eigenvalue weighted by Gasteiger charge is -2.29. The van der Waals surface area contributed by atoms with Crippen LogP contribution in [-0.2, 0) is 11.3 Å². The van der Waals surface area contributed by atoms with Crippen LogP contribution < -0.4 is 26.4 Å². The summed E-state index contributed by atoms with van der Waals surface area (Å²) in [6.45, 7) is 5.16. The van der Waals surface area contributed by atoms with Crippen LogP contribution in [0, 0.1) is 0 Å². The number of hydrogen-bond acceptors (Lipinski definition) is 6. The van der Waals surface area contributed by atoms with E-state index in [2.05, 4.69) is 15.2 Å². The number of nitrogens with two attached hydrogens (primary N) is 2. The molecule has 0 spiro atoms. The lowest BCUT2D eigenvalue weighted by molar-refractivity contribution is 0.0889. The summed E-state index contributed by atoms with van der Waals surface area (Å²) in [6, 6.07) is 22.5. The van der Waals surface area contributed by atoms with Gasteiger partial charge in [-0.1, -0.05) is 30.3 Å². The van der Waals surface area contributed by atoms with Crippen LogP contribution in [0.2, 0.25) is 0 Å². The van der Waals surface area contributed by atoms with Crippen LogP contribution in [0.25, 0.3) is 0 Å². The van der Waals surface area contributed by atoms with Crippen LogP contribution in [0.15, 0.2) is 77.8 Å². The molecule has 1 fully saturated rings. The molecule has 1 aliphatic heterocycles. The SMILES string of the molecule is NC(=NC(=O)c1ccc(N2CCNCC2)cc1)c1ccc(OCCOCc2ccccc2)cc1N. The van der Waals surface area contributed by atoms with Crippen LogP contribution in [0.5, 0.6) is 5.75 Å². The second-order valence-corrected chi connectivity index (χ2v) is 8.22. The minimum atomic E-state index is -0.412. The van der Waals surface area contributed by atoms with Gasteiger partial charge in [0.05, 0.1) is 13.2 Å². The van der Waals surface area contributed by atoms with Gasteiger partial charge in [-0.05, 0) is 42.0 Å². The van der Waals surface area contributed by atoms with Gasteiger partial charge in [0.25, 0.3) is 5.91 Å². The number of nitrogens with one attached hydrogen (secondary N) is 1. The van der Waals surface area contributed by atoms with E-state index in [1.807, 2.05) is 42.5 Å². The third-order valence-electron chi connectivity index (χ3n) is 5.73. The average Bonchev–Trinajstić information content (AvgIpc) is 2.89. The lowest BCUT2D eigenvalue weighted by atomic mass is 10.1. The molecule has 3 aromatic rings. The Morgan fingerprint density at radius 1 is 0.971 bits per heavy atom. The molecule has 1 heterocycles. The molecule has 1 aliphatic rings. The van der Waals surface area contributed by atoms with Gasteiger partial charge in [0.2, 0.25) is 0 Å². The second kappa shape index (κ2) is 12.0. The Morgan fingerprint density at radius 2 is 1.71 bits per heavy atom. The number of aliphatic imine (C=N–C) groups is 1. The molecule has 0 bridgehead atoms. The van der Waals surface area contributed by atoms with Crippen molar-refractivity contribution in [1.82, 2.24) is 5.32 Å². The summed E-state index contributed by atoms with van der Waals surface area (Å²) in [4.78, 5) is 19.0. The number of rotatable bonds is 9. The number of nitrogens with zero attached hydrogens (tertiary/aromatic N) is 2. The maximum atomic E-state index is 12.6. The number of carbonyl (C=O) groups excluding carboxylic acids is 1. The number of hydrogen-bond donors (Lipinski definition) is 3. The van der Waals surface area contributed by atoms with Crippen molar-refractivity contribution < 1.29 is 14.3 Å². The van der Waals surface area contributed by atoms with Crippen molar-refractivity contribution in [2.75, 3.05) is 50.0 Å². The van der Waals surface area contributed by atoms with E-state index >= 15 is 0 Å². The van der Waals surface area contributed by atoms with Gasteiger partial charge in [-0.25, -0.2) is 0 Å². The lowest BCUT2D eigenvalue weighted by Crippen LogP contribution is -2.43. The zero-order valence-electron chi connectivity index (χ0n) is 19.7. The highest BCUT2D eigenvalue weighted by Gasteiger charge is 2.13. The van der Waals surface area contributed by atoms with Gasteiger partial charge < -0.3 is 31.2 Å². The topological polar surface area (TPSA) is 115 Å². The van der Waals surface area contributed by atoms with Gasteiger partial charge in [0, 0.05) is 54.7 Å². The first kappa shape index (κ1) is 24.3. The van der Waals surface area contributed by atoms with Gasteiger partial charge in [-0.15, -0.1) is 0 Å². The molecule has 3 aromatic carbocycles. The van der Waals surface area contributed by atoms with Crippen molar-refractivity contribution in [3.8, 4) is 5.75 Å². The first-order valence-corrected chi connectivity index (χ1v) is 11.7. The molecule has 1 amide bonds. The molecular formula is C27H31N5O3. The molecule has 8 nitrogen and oxygen atoms in total. The molecule has 1 saturated heterocycles. The fraction of sp³-hybridized carbons (Fsp3) is 0.259. The van der Waals surface area contributed by atoms with E-state index in [0.29, 0.717) is 42.4 Å². The molecule has 0 saturated carbocycles. The van der Waals surface area contributed by atoms with Crippen molar-refractivity contribution in [3.63, 3.8) is 0 Å². The first-order chi connectivity index (χ1) is 17.1. The number of benzene rings is 3. The van der Waals surface area contributed by atoms with Gasteiger partial charge in [0.1, 0.15) is 18.2 Å². The van der Waals surface area contributed by atoms with Gasteiger partial charge in [-0.2, -0.15) is 4.99 Å². The van der Waals surface area contributed by atoms with Crippen LogP contribution in [0.3, 0.4) is 0 Å². The van der Waals surface area contributed by atoms with Crippen molar-refractivity contribution in [1.29, 1.82) is 0 Å². The monoisotopic (exact) mass is 473 g/mol. The zero-order chi connectivity index (χ0) is 24.5. The molecule has 0 radical (unpaired) electrons.